The molecule has 2 aromatic rings. The summed E-state index contributed by atoms with van der Waals surface area (Å²) < 4.78 is 1.63. The second-order valence-electron chi connectivity index (χ2n) is 6.20. The second kappa shape index (κ2) is 6.42. The zero-order chi connectivity index (χ0) is 15.5. The summed E-state index contributed by atoms with van der Waals surface area (Å²) in [5.41, 5.74) is 1.81. The summed E-state index contributed by atoms with van der Waals surface area (Å²) in [7, 11) is 0. The number of carbonyl (C=O) groups is 1. The fourth-order valence-electron chi connectivity index (χ4n) is 3.11. The van der Waals surface area contributed by atoms with Crippen LogP contribution in [0.25, 0.3) is 5.78 Å². The van der Waals surface area contributed by atoms with Crippen LogP contribution in [-0.4, -0.2) is 31.5 Å². The van der Waals surface area contributed by atoms with Gasteiger partial charge in [0.25, 0.3) is 11.7 Å². The molecule has 22 heavy (non-hydrogen) atoms. The van der Waals surface area contributed by atoms with Crippen molar-refractivity contribution in [3.8, 4) is 0 Å². The van der Waals surface area contributed by atoms with E-state index in [0.717, 1.165) is 24.2 Å². The average Bonchev–Trinajstić information content (AvgIpc) is 2.85. The van der Waals surface area contributed by atoms with Gasteiger partial charge in [-0.2, -0.15) is 4.98 Å². The molecular weight excluding hydrogens is 278 g/mol. The Labute approximate surface area is 130 Å². The molecule has 0 aromatic carbocycles. The fourth-order valence-corrected chi connectivity index (χ4v) is 3.11. The van der Waals surface area contributed by atoms with Crippen LogP contribution in [-0.2, 0) is 0 Å². The van der Waals surface area contributed by atoms with E-state index < -0.39 is 0 Å². The van der Waals surface area contributed by atoms with Gasteiger partial charge in [0.2, 0.25) is 5.82 Å². The molecule has 1 saturated carbocycles. The van der Waals surface area contributed by atoms with E-state index in [-0.39, 0.29) is 17.8 Å². The maximum atomic E-state index is 12.4. The van der Waals surface area contributed by atoms with Crippen molar-refractivity contribution < 1.29 is 4.79 Å². The van der Waals surface area contributed by atoms with Gasteiger partial charge in [-0.3, -0.25) is 4.79 Å². The molecule has 1 fully saturated rings. The average molecular weight is 301 g/mol. The lowest BCUT2D eigenvalue weighted by Gasteiger charge is -2.20. The van der Waals surface area contributed by atoms with Crippen molar-refractivity contribution in [2.24, 2.45) is 0 Å². The Bertz CT molecular complexity index is 670. The van der Waals surface area contributed by atoms with Gasteiger partial charge in [0.1, 0.15) is 0 Å². The van der Waals surface area contributed by atoms with Crippen LogP contribution in [0.1, 0.15) is 67.0 Å². The fraction of sp³-hybridized carbons (Fsp3) is 0.625. The Morgan fingerprint density at radius 1 is 1.14 bits per heavy atom. The Hall–Kier alpha value is -1.98. The maximum absolute atomic E-state index is 12.4. The number of carbonyl (C=O) groups excluding carboxylic acids is 1. The minimum atomic E-state index is -0.187. The smallest absolute Gasteiger partial charge is 0.291 e. The standard InChI is InChI=1S/C16H23N5O/c1-11-10-12(2)21-16(17-11)19-14(20-21)15(22)18-13-8-6-4-3-5-7-9-13/h10,13H,3-9H2,1-2H3,(H,18,22). The lowest BCUT2D eigenvalue weighted by atomic mass is 9.97. The molecule has 0 saturated heterocycles. The van der Waals surface area contributed by atoms with Gasteiger partial charge in [0.05, 0.1) is 0 Å². The van der Waals surface area contributed by atoms with Gasteiger partial charge in [-0.25, -0.2) is 9.50 Å². The van der Waals surface area contributed by atoms with E-state index in [4.69, 9.17) is 0 Å². The third-order valence-electron chi connectivity index (χ3n) is 4.26. The minimum Gasteiger partial charge on any atom is -0.347 e. The molecular formula is C16H23N5O. The van der Waals surface area contributed by atoms with Crippen LogP contribution >= 0.6 is 0 Å². The first-order valence-electron chi connectivity index (χ1n) is 8.15. The molecule has 0 spiro atoms. The van der Waals surface area contributed by atoms with Crippen LogP contribution in [0.4, 0.5) is 0 Å². The molecule has 0 bridgehead atoms. The molecule has 0 unspecified atom stereocenters. The van der Waals surface area contributed by atoms with Gasteiger partial charge in [-0.05, 0) is 32.8 Å². The number of aryl methyl sites for hydroxylation is 2. The van der Waals surface area contributed by atoms with Crippen LogP contribution in [0, 0.1) is 13.8 Å². The van der Waals surface area contributed by atoms with Crippen LogP contribution < -0.4 is 5.32 Å². The highest BCUT2D eigenvalue weighted by Gasteiger charge is 2.19. The second-order valence-corrected chi connectivity index (χ2v) is 6.20. The monoisotopic (exact) mass is 301 g/mol. The van der Waals surface area contributed by atoms with Crippen molar-refractivity contribution >= 4 is 11.7 Å². The molecule has 0 aliphatic heterocycles. The van der Waals surface area contributed by atoms with Crippen molar-refractivity contribution in [1.29, 1.82) is 0 Å². The number of aromatic nitrogens is 4. The molecule has 0 radical (unpaired) electrons. The van der Waals surface area contributed by atoms with Crippen LogP contribution in [0.3, 0.4) is 0 Å². The summed E-state index contributed by atoms with van der Waals surface area (Å²) in [6.07, 6.45) is 8.32. The van der Waals surface area contributed by atoms with Gasteiger partial charge in [0, 0.05) is 17.4 Å². The lowest BCUT2D eigenvalue weighted by Crippen LogP contribution is -2.35. The molecule has 1 aliphatic rings. The highest BCUT2D eigenvalue weighted by molar-refractivity contribution is 5.91. The largest absolute Gasteiger partial charge is 0.347 e. The third-order valence-corrected chi connectivity index (χ3v) is 4.26. The maximum Gasteiger partial charge on any atom is 0.291 e. The van der Waals surface area contributed by atoms with E-state index in [9.17, 15) is 4.79 Å². The van der Waals surface area contributed by atoms with Crippen molar-refractivity contribution in [1.82, 2.24) is 24.9 Å². The zero-order valence-electron chi connectivity index (χ0n) is 13.3. The summed E-state index contributed by atoms with van der Waals surface area (Å²) in [5.74, 6) is 0.511. The van der Waals surface area contributed by atoms with Crippen molar-refractivity contribution in [2.45, 2.75) is 64.8 Å². The van der Waals surface area contributed by atoms with E-state index in [1.165, 1.54) is 32.1 Å². The Morgan fingerprint density at radius 3 is 2.55 bits per heavy atom. The molecule has 6 heteroatoms. The number of rotatable bonds is 2. The molecule has 118 valence electrons. The first-order valence-corrected chi connectivity index (χ1v) is 8.15. The molecule has 1 amide bonds. The molecule has 1 aliphatic carbocycles. The van der Waals surface area contributed by atoms with Crippen LogP contribution in [0.5, 0.6) is 0 Å². The van der Waals surface area contributed by atoms with E-state index in [1.54, 1.807) is 4.52 Å². The Balaban J connectivity index is 1.75. The summed E-state index contributed by atoms with van der Waals surface area (Å²) in [6, 6.07) is 2.17. The van der Waals surface area contributed by atoms with Crippen molar-refractivity contribution in [3.63, 3.8) is 0 Å². The quantitative estimate of drug-likeness (QED) is 0.925. The summed E-state index contributed by atoms with van der Waals surface area (Å²) in [5, 5.41) is 7.38. The Morgan fingerprint density at radius 2 is 1.82 bits per heavy atom. The van der Waals surface area contributed by atoms with Crippen LogP contribution in [0.15, 0.2) is 6.07 Å². The predicted molar refractivity (Wildman–Crippen MR) is 83.8 cm³/mol. The number of amides is 1. The molecule has 6 nitrogen and oxygen atoms in total. The van der Waals surface area contributed by atoms with Gasteiger partial charge in [-0.1, -0.05) is 32.1 Å². The first kappa shape index (κ1) is 14.9. The number of hydrogen-bond donors (Lipinski definition) is 1. The van der Waals surface area contributed by atoms with E-state index in [0.29, 0.717) is 5.78 Å². The van der Waals surface area contributed by atoms with E-state index in [1.807, 2.05) is 19.9 Å². The van der Waals surface area contributed by atoms with Crippen molar-refractivity contribution in [3.05, 3.63) is 23.3 Å². The molecule has 1 N–H and O–H groups in total. The summed E-state index contributed by atoms with van der Waals surface area (Å²) >= 11 is 0. The molecule has 2 heterocycles. The normalized spacial score (nSPS) is 17.2. The summed E-state index contributed by atoms with van der Waals surface area (Å²) in [6.45, 7) is 3.85. The van der Waals surface area contributed by atoms with Gasteiger partial charge < -0.3 is 5.32 Å². The topological polar surface area (TPSA) is 72.2 Å². The number of nitrogens with one attached hydrogen (secondary N) is 1. The molecule has 0 atom stereocenters. The minimum absolute atomic E-state index is 0.187. The van der Waals surface area contributed by atoms with E-state index in [2.05, 4.69) is 20.4 Å². The SMILES string of the molecule is Cc1cc(C)n2nc(C(=O)NC3CCCCCCC3)nc2n1. The molecule has 2 aromatic heterocycles. The number of fused-ring (bicyclic) bond motifs is 1. The predicted octanol–water partition coefficient (Wildman–Crippen LogP) is 2.58. The van der Waals surface area contributed by atoms with Crippen LogP contribution in [0.2, 0.25) is 0 Å². The van der Waals surface area contributed by atoms with Gasteiger partial charge in [0.15, 0.2) is 0 Å². The van der Waals surface area contributed by atoms with E-state index >= 15 is 0 Å². The van der Waals surface area contributed by atoms with Gasteiger partial charge in [-0.15, -0.1) is 5.10 Å². The highest BCUT2D eigenvalue weighted by Crippen LogP contribution is 2.17. The zero-order valence-corrected chi connectivity index (χ0v) is 13.3. The lowest BCUT2D eigenvalue weighted by molar-refractivity contribution is 0.0920. The Kier molecular flexibility index (Phi) is 4.36. The van der Waals surface area contributed by atoms with Crippen molar-refractivity contribution in [2.75, 3.05) is 0 Å². The number of hydrogen-bond acceptors (Lipinski definition) is 4. The molecule has 3 rings (SSSR count). The first-order chi connectivity index (χ1) is 10.6. The van der Waals surface area contributed by atoms with Gasteiger partial charge >= 0.3 is 0 Å². The highest BCUT2D eigenvalue weighted by atomic mass is 16.2. The third kappa shape index (κ3) is 3.26. The number of nitrogens with zero attached hydrogens (tertiary/aromatic N) is 4. The summed E-state index contributed by atoms with van der Waals surface area (Å²) in [4.78, 5) is 21.0.